The fourth-order valence-electron chi connectivity index (χ4n) is 3.10. The number of hydrogen-bond donors (Lipinski definition) is 2. The standard InChI is InChI=1S/C23H21FN4O4/c1-31-17-3-5-18(6-4-17)32-20-7-2-15(10-19(20)24)11-27-22(30)23(8-9-23)28-21(29)16-12-25-14-26-13-16/h2-7,10,12-14H,8-9,11H2,1H3,(H,27,30)(H,28,29). The molecule has 164 valence electrons. The molecule has 0 unspecified atom stereocenters. The second-order valence-electron chi connectivity index (χ2n) is 7.39. The van der Waals surface area contributed by atoms with Gasteiger partial charge in [0.2, 0.25) is 5.91 Å². The molecule has 1 aliphatic rings. The number of methoxy groups -OCH3 is 1. The molecule has 0 aliphatic heterocycles. The summed E-state index contributed by atoms with van der Waals surface area (Å²) in [4.78, 5) is 32.5. The lowest BCUT2D eigenvalue weighted by atomic mass is 10.1. The van der Waals surface area contributed by atoms with Crippen LogP contribution >= 0.6 is 0 Å². The number of ether oxygens (including phenoxy) is 2. The summed E-state index contributed by atoms with van der Waals surface area (Å²) in [5.74, 6) is -0.0649. The predicted octanol–water partition coefficient (Wildman–Crippen LogP) is 3.00. The number of benzene rings is 2. The van der Waals surface area contributed by atoms with Crippen molar-refractivity contribution in [2.75, 3.05) is 7.11 Å². The molecule has 32 heavy (non-hydrogen) atoms. The van der Waals surface area contributed by atoms with Crippen LogP contribution in [0.3, 0.4) is 0 Å². The molecule has 1 aromatic heterocycles. The number of nitrogens with one attached hydrogen (secondary N) is 2. The van der Waals surface area contributed by atoms with Crippen molar-refractivity contribution in [2.24, 2.45) is 0 Å². The molecule has 0 atom stereocenters. The first-order chi connectivity index (χ1) is 15.5. The van der Waals surface area contributed by atoms with E-state index in [1.807, 2.05) is 0 Å². The number of nitrogens with zero attached hydrogens (tertiary/aromatic N) is 2. The van der Waals surface area contributed by atoms with Crippen LogP contribution in [-0.4, -0.2) is 34.4 Å². The Balaban J connectivity index is 1.33. The van der Waals surface area contributed by atoms with E-state index in [0.29, 0.717) is 29.9 Å². The second-order valence-corrected chi connectivity index (χ2v) is 7.39. The highest BCUT2D eigenvalue weighted by Gasteiger charge is 2.51. The monoisotopic (exact) mass is 436 g/mol. The minimum absolute atomic E-state index is 0.0706. The first-order valence-corrected chi connectivity index (χ1v) is 9.95. The van der Waals surface area contributed by atoms with Crippen molar-refractivity contribution in [3.05, 3.63) is 78.1 Å². The summed E-state index contributed by atoms with van der Waals surface area (Å²) < 4.78 is 25.1. The summed E-state index contributed by atoms with van der Waals surface area (Å²) in [7, 11) is 1.56. The van der Waals surface area contributed by atoms with Crippen LogP contribution in [0.1, 0.15) is 28.8 Å². The minimum Gasteiger partial charge on any atom is -0.497 e. The normalized spacial score (nSPS) is 13.7. The predicted molar refractivity (Wildman–Crippen MR) is 113 cm³/mol. The number of hydrogen-bond acceptors (Lipinski definition) is 6. The van der Waals surface area contributed by atoms with Crippen molar-refractivity contribution >= 4 is 11.8 Å². The van der Waals surface area contributed by atoms with Gasteiger partial charge in [0.15, 0.2) is 11.6 Å². The summed E-state index contributed by atoms with van der Waals surface area (Å²) in [6.45, 7) is 0.116. The lowest BCUT2D eigenvalue weighted by molar-refractivity contribution is -0.124. The molecular formula is C23H21FN4O4. The minimum atomic E-state index is -0.955. The molecule has 2 aromatic carbocycles. The van der Waals surface area contributed by atoms with Gasteiger partial charge in [-0.05, 0) is 54.8 Å². The van der Waals surface area contributed by atoms with E-state index in [0.717, 1.165) is 0 Å². The highest BCUT2D eigenvalue weighted by molar-refractivity contribution is 6.00. The van der Waals surface area contributed by atoms with Crippen molar-refractivity contribution in [3.63, 3.8) is 0 Å². The fraction of sp³-hybridized carbons (Fsp3) is 0.217. The number of amides is 2. The average Bonchev–Trinajstić information content (AvgIpc) is 3.60. The summed E-state index contributed by atoms with van der Waals surface area (Å²) in [5, 5.41) is 5.50. The van der Waals surface area contributed by atoms with Crippen LogP contribution in [0.4, 0.5) is 4.39 Å². The lowest BCUT2D eigenvalue weighted by Gasteiger charge is -2.17. The average molecular weight is 436 g/mol. The van der Waals surface area contributed by atoms with Crippen molar-refractivity contribution in [1.82, 2.24) is 20.6 Å². The Kier molecular flexibility index (Phi) is 5.98. The first kappa shape index (κ1) is 21.2. The van der Waals surface area contributed by atoms with Gasteiger partial charge in [0.25, 0.3) is 5.91 Å². The molecule has 0 spiro atoms. The van der Waals surface area contributed by atoms with Crippen LogP contribution in [0.5, 0.6) is 17.2 Å². The van der Waals surface area contributed by atoms with E-state index in [9.17, 15) is 14.0 Å². The Hall–Kier alpha value is -4.01. The van der Waals surface area contributed by atoms with Crippen LogP contribution in [0.15, 0.2) is 61.2 Å². The zero-order valence-corrected chi connectivity index (χ0v) is 17.3. The molecule has 0 radical (unpaired) electrons. The Bertz CT molecular complexity index is 1120. The zero-order valence-electron chi connectivity index (χ0n) is 17.3. The van der Waals surface area contributed by atoms with E-state index in [4.69, 9.17) is 9.47 Å². The highest BCUT2D eigenvalue weighted by atomic mass is 19.1. The molecule has 1 aliphatic carbocycles. The van der Waals surface area contributed by atoms with Gasteiger partial charge in [-0.25, -0.2) is 14.4 Å². The van der Waals surface area contributed by atoms with Gasteiger partial charge in [0.1, 0.15) is 23.4 Å². The SMILES string of the molecule is COc1ccc(Oc2ccc(CNC(=O)C3(NC(=O)c4cncnc4)CC3)cc2F)cc1. The number of halogens is 1. The molecule has 8 nitrogen and oxygen atoms in total. The van der Waals surface area contributed by atoms with Crippen molar-refractivity contribution in [1.29, 1.82) is 0 Å². The topological polar surface area (TPSA) is 102 Å². The van der Waals surface area contributed by atoms with Gasteiger partial charge in [-0.2, -0.15) is 0 Å². The molecule has 1 heterocycles. The van der Waals surface area contributed by atoms with Gasteiger partial charge >= 0.3 is 0 Å². The largest absolute Gasteiger partial charge is 0.497 e. The molecule has 2 N–H and O–H groups in total. The zero-order chi connectivity index (χ0) is 22.6. The van der Waals surface area contributed by atoms with Crippen molar-refractivity contribution in [2.45, 2.75) is 24.9 Å². The number of aromatic nitrogens is 2. The maximum Gasteiger partial charge on any atom is 0.255 e. The molecule has 2 amide bonds. The van der Waals surface area contributed by atoms with E-state index in [1.54, 1.807) is 37.4 Å². The maximum absolute atomic E-state index is 14.5. The van der Waals surface area contributed by atoms with Crippen molar-refractivity contribution < 1.29 is 23.5 Å². The summed E-state index contributed by atoms with van der Waals surface area (Å²) in [6, 6.07) is 11.3. The van der Waals surface area contributed by atoms with Gasteiger partial charge in [-0.1, -0.05) is 6.07 Å². The number of rotatable bonds is 8. The van der Waals surface area contributed by atoms with Gasteiger partial charge in [-0.3, -0.25) is 9.59 Å². The Morgan fingerprint density at radius 1 is 1.06 bits per heavy atom. The molecule has 3 aromatic rings. The fourth-order valence-corrected chi connectivity index (χ4v) is 3.10. The van der Waals surface area contributed by atoms with Crippen molar-refractivity contribution in [3.8, 4) is 17.2 Å². The second kappa shape index (κ2) is 9.01. The van der Waals surface area contributed by atoms with Gasteiger partial charge in [0.05, 0.1) is 12.7 Å². The number of carbonyl (C=O) groups excluding carboxylic acids is 2. The van der Waals surface area contributed by atoms with E-state index in [2.05, 4.69) is 20.6 Å². The molecule has 1 saturated carbocycles. The van der Waals surface area contributed by atoms with Gasteiger partial charge in [-0.15, -0.1) is 0 Å². The van der Waals surface area contributed by atoms with E-state index in [-0.39, 0.29) is 23.8 Å². The van der Waals surface area contributed by atoms with E-state index in [1.165, 1.54) is 30.9 Å². The first-order valence-electron chi connectivity index (χ1n) is 9.95. The van der Waals surface area contributed by atoms with Crippen LogP contribution in [0.2, 0.25) is 0 Å². The lowest BCUT2D eigenvalue weighted by Crippen LogP contribution is -2.48. The maximum atomic E-state index is 14.5. The summed E-state index contributed by atoms with van der Waals surface area (Å²) in [6.07, 6.45) is 5.15. The summed E-state index contributed by atoms with van der Waals surface area (Å²) in [5.41, 5.74) is -0.110. The van der Waals surface area contributed by atoms with Crippen LogP contribution < -0.4 is 20.1 Å². The Labute approximate surface area is 183 Å². The van der Waals surface area contributed by atoms with Crippen LogP contribution in [0, 0.1) is 5.82 Å². The van der Waals surface area contributed by atoms with Gasteiger partial charge < -0.3 is 20.1 Å². The Morgan fingerprint density at radius 3 is 2.38 bits per heavy atom. The number of carbonyl (C=O) groups is 2. The quantitative estimate of drug-likeness (QED) is 0.563. The van der Waals surface area contributed by atoms with Crippen LogP contribution in [0.25, 0.3) is 0 Å². The third-order valence-electron chi connectivity index (χ3n) is 5.10. The molecule has 0 bridgehead atoms. The molecule has 4 rings (SSSR count). The Morgan fingerprint density at radius 2 is 1.75 bits per heavy atom. The smallest absolute Gasteiger partial charge is 0.255 e. The highest BCUT2D eigenvalue weighted by Crippen LogP contribution is 2.36. The molecule has 1 fully saturated rings. The van der Waals surface area contributed by atoms with Gasteiger partial charge in [0, 0.05) is 18.9 Å². The van der Waals surface area contributed by atoms with Crippen LogP contribution in [-0.2, 0) is 11.3 Å². The molecule has 9 heteroatoms. The van der Waals surface area contributed by atoms with E-state index < -0.39 is 17.3 Å². The van der Waals surface area contributed by atoms with E-state index >= 15 is 0 Å². The third kappa shape index (κ3) is 4.83. The molecule has 0 saturated heterocycles. The summed E-state index contributed by atoms with van der Waals surface area (Å²) >= 11 is 0. The third-order valence-corrected chi connectivity index (χ3v) is 5.10. The molecular weight excluding hydrogens is 415 g/mol.